The fraction of sp³-hybridized carbons (Fsp3) is 0.690. The van der Waals surface area contributed by atoms with Crippen LogP contribution in [0.5, 0.6) is 0 Å². The van der Waals surface area contributed by atoms with E-state index in [0.717, 1.165) is 44.1 Å². The number of ether oxygens (including phenoxy) is 1. The molecule has 0 aliphatic rings. The predicted octanol–water partition coefficient (Wildman–Crippen LogP) is 5.99. The minimum absolute atomic E-state index is 0.157. The van der Waals surface area contributed by atoms with Gasteiger partial charge in [-0.05, 0) is 51.5 Å². The molecule has 204 valence electrons. The molecule has 1 aromatic rings. The number of nitrogens with zero attached hydrogens (tertiary/aromatic N) is 1. The summed E-state index contributed by atoms with van der Waals surface area (Å²) in [5.74, 6) is -0.297. The first-order valence-electron chi connectivity index (χ1n) is 13.6. The van der Waals surface area contributed by atoms with Crippen molar-refractivity contribution >= 4 is 17.9 Å². The molecule has 7 heteroatoms. The van der Waals surface area contributed by atoms with Crippen molar-refractivity contribution in [2.24, 2.45) is 5.92 Å². The average molecular weight is 504 g/mol. The van der Waals surface area contributed by atoms with Crippen molar-refractivity contribution in [2.45, 2.75) is 111 Å². The molecule has 0 aliphatic carbocycles. The number of nitrogens with one attached hydrogen (secondary N) is 2. The van der Waals surface area contributed by atoms with Gasteiger partial charge in [-0.3, -0.25) is 9.59 Å². The molecule has 0 aliphatic heterocycles. The molecule has 36 heavy (non-hydrogen) atoms. The first kappa shape index (κ1) is 31.5. The standard InChI is InChI=1S/C29H49N3O4/c1-8-10-12-16-20-32(25(23-17-14-13-15-18-23)26(33)30-19-11-9-2)27(34)24(21-22(3)4)31-28(35)36-29(5,6)7/h13-15,17-18,22,24-25H,8-12,16,19-21H2,1-7H3,(H,30,33)(H,31,35). The number of carbonyl (C=O) groups excluding carboxylic acids is 3. The number of unbranched alkanes of at least 4 members (excludes halogenated alkanes) is 4. The Kier molecular flexibility index (Phi) is 14.2. The molecule has 2 unspecified atom stereocenters. The lowest BCUT2D eigenvalue weighted by atomic mass is 9.98. The highest BCUT2D eigenvalue weighted by Crippen LogP contribution is 2.25. The maximum absolute atomic E-state index is 14.1. The second kappa shape index (κ2) is 16.2. The van der Waals surface area contributed by atoms with Crippen LogP contribution in [-0.4, -0.2) is 47.5 Å². The summed E-state index contributed by atoms with van der Waals surface area (Å²) in [6, 6.07) is 7.87. The van der Waals surface area contributed by atoms with Crippen molar-refractivity contribution in [2.75, 3.05) is 13.1 Å². The highest BCUT2D eigenvalue weighted by molar-refractivity contribution is 5.92. The second-order valence-electron chi connectivity index (χ2n) is 10.9. The lowest BCUT2D eigenvalue weighted by molar-refractivity contribution is -0.143. The van der Waals surface area contributed by atoms with Crippen molar-refractivity contribution in [1.29, 1.82) is 0 Å². The highest BCUT2D eigenvalue weighted by atomic mass is 16.6. The normalized spacial score (nSPS) is 13.1. The number of amides is 3. The molecule has 2 N–H and O–H groups in total. The van der Waals surface area contributed by atoms with Crippen molar-refractivity contribution < 1.29 is 19.1 Å². The number of rotatable bonds is 15. The summed E-state index contributed by atoms with van der Waals surface area (Å²) in [5.41, 5.74) is 0.0806. The molecule has 0 bridgehead atoms. The van der Waals surface area contributed by atoms with Crippen LogP contribution < -0.4 is 10.6 Å². The van der Waals surface area contributed by atoms with E-state index in [1.165, 1.54) is 0 Å². The van der Waals surface area contributed by atoms with Gasteiger partial charge in [-0.1, -0.05) is 83.7 Å². The van der Waals surface area contributed by atoms with Crippen molar-refractivity contribution in [3.05, 3.63) is 35.9 Å². The van der Waals surface area contributed by atoms with E-state index in [2.05, 4.69) is 24.5 Å². The largest absolute Gasteiger partial charge is 0.444 e. The van der Waals surface area contributed by atoms with E-state index in [0.29, 0.717) is 19.5 Å². The van der Waals surface area contributed by atoms with Crippen LogP contribution in [0.25, 0.3) is 0 Å². The Balaban J connectivity index is 3.36. The summed E-state index contributed by atoms with van der Waals surface area (Å²) in [6.45, 7) is 14.6. The smallest absolute Gasteiger partial charge is 0.408 e. The molecule has 0 aromatic heterocycles. The van der Waals surface area contributed by atoms with Crippen LogP contribution in [0.3, 0.4) is 0 Å². The van der Waals surface area contributed by atoms with E-state index < -0.39 is 23.8 Å². The monoisotopic (exact) mass is 503 g/mol. The number of hydrogen-bond donors (Lipinski definition) is 2. The summed E-state index contributed by atoms with van der Waals surface area (Å²) >= 11 is 0. The predicted molar refractivity (Wildman–Crippen MR) is 146 cm³/mol. The van der Waals surface area contributed by atoms with E-state index in [1.54, 1.807) is 25.7 Å². The summed E-state index contributed by atoms with van der Waals surface area (Å²) in [7, 11) is 0. The quantitative estimate of drug-likeness (QED) is 0.288. The van der Waals surface area contributed by atoms with Gasteiger partial charge in [0.25, 0.3) is 0 Å². The lowest BCUT2D eigenvalue weighted by Crippen LogP contribution is -2.53. The maximum atomic E-state index is 14.1. The molecule has 0 saturated heterocycles. The molecule has 2 atom stereocenters. The van der Waals surface area contributed by atoms with Crippen LogP contribution >= 0.6 is 0 Å². The van der Waals surface area contributed by atoms with Gasteiger partial charge in [-0.2, -0.15) is 0 Å². The highest BCUT2D eigenvalue weighted by Gasteiger charge is 2.36. The average Bonchev–Trinajstić information content (AvgIpc) is 2.79. The van der Waals surface area contributed by atoms with E-state index in [4.69, 9.17) is 4.74 Å². The van der Waals surface area contributed by atoms with E-state index in [9.17, 15) is 14.4 Å². The first-order valence-corrected chi connectivity index (χ1v) is 13.6. The van der Waals surface area contributed by atoms with Crippen molar-refractivity contribution in [1.82, 2.24) is 15.5 Å². The second-order valence-corrected chi connectivity index (χ2v) is 10.9. The fourth-order valence-electron chi connectivity index (χ4n) is 4.01. The number of alkyl carbamates (subject to hydrolysis) is 1. The Morgan fingerprint density at radius 2 is 1.58 bits per heavy atom. The topological polar surface area (TPSA) is 87.7 Å². The minimum atomic E-state index is -0.791. The third-order valence-corrected chi connectivity index (χ3v) is 5.74. The van der Waals surface area contributed by atoms with Gasteiger partial charge in [0.05, 0.1) is 0 Å². The molecule has 1 rings (SSSR count). The van der Waals surface area contributed by atoms with Gasteiger partial charge in [0, 0.05) is 13.1 Å². The van der Waals surface area contributed by atoms with Crippen molar-refractivity contribution in [3.8, 4) is 0 Å². The van der Waals surface area contributed by atoms with E-state index >= 15 is 0 Å². The van der Waals surface area contributed by atoms with Crippen LogP contribution in [0.15, 0.2) is 30.3 Å². The van der Waals surface area contributed by atoms with Gasteiger partial charge in [0.2, 0.25) is 11.8 Å². The Bertz CT molecular complexity index is 789. The van der Waals surface area contributed by atoms with Crippen LogP contribution in [0, 0.1) is 5.92 Å². The Morgan fingerprint density at radius 1 is 0.944 bits per heavy atom. The van der Waals surface area contributed by atoms with E-state index in [-0.39, 0.29) is 17.7 Å². The molecule has 7 nitrogen and oxygen atoms in total. The minimum Gasteiger partial charge on any atom is -0.444 e. The Labute approximate surface area is 218 Å². The third-order valence-electron chi connectivity index (χ3n) is 5.74. The Hall–Kier alpha value is -2.57. The number of hydrogen-bond acceptors (Lipinski definition) is 4. The zero-order chi connectivity index (χ0) is 27.1. The summed E-state index contributed by atoms with van der Waals surface area (Å²) in [6.07, 6.45) is 5.54. The molecule has 0 fully saturated rings. The van der Waals surface area contributed by atoms with Gasteiger partial charge in [0.1, 0.15) is 17.7 Å². The molecule has 0 heterocycles. The van der Waals surface area contributed by atoms with Crippen LogP contribution in [-0.2, 0) is 14.3 Å². The van der Waals surface area contributed by atoms with Gasteiger partial charge < -0.3 is 20.3 Å². The van der Waals surface area contributed by atoms with Gasteiger partial charge in [-0.25, -0.2) is 4.79 Å². The molecular formula is C29H49N3O4. The number of carbonyl (C=O) groups is 3. The first-order chi connectivity index (χ1) is 17.0. The molecule has 0 saturated carbocycles. The van der Waals surface area contributed by atoms with Crippen LogP contribution in [0.1, 0.15) is 105 Å². The summed E-state index contributed by atoms with van der Waals surface area (Å²) in [4.78, 5) is 41.9. The Morgan fingerprint density at radius 3 is 2.14 bits per heavy atom. The molecule has 3 amide bonds. The van der Waals surface area contributed by atoms with Crippen LogP contribution in [0.2, 0.25) is 0 Å². The van der Waals surface area contributed by atoms with Gasteiger partial charge >= 0.3 is 6.09 Å². The van der Waals surface area contributed by atoms with Gasteiger partial charge in [0.15, 0.2) is 0 Å². The van der Waals surface area contributed by atoms with Crippen LogP contribution in [0.4, 0.5) is 4.79 Å². The zero-order valence-electron chi connectivity index (χ0n) is 23.6. The summed E-state index contributed by atoms with van der Waals surface area (Å²) in [5, 5.41) is 5.83. The lowest BCUT2D eigenvalue weighted by Gasteiger charge is -2.35. The summed E-state index contributed by atoms with van der Waals surface area (Å²) < 4.78 is 5.45. The SMILES string of the molecule is CCCCCCN(C(=O)C(CC(C)C)NC(=O)OC(C)(C)C)C(C(=O)NCCCC)c1ccccc1. The van der Waals surface area contributed by atoms with Crippen molar-refractivity contribution in [3.63, 3.8) is 0 Å². The zero-order valence-corrected chi connectivity index (χ0v) is 23.6. The van der Waals surface area contributed by atoms with Gasteiger partial charge in [-0.15, -0.1) is 0 Å². The number of benzene rings is 1. The fourth-order valence-corrected chi connectivity index (χ4v) is 4.01. The maximum Gasteiger partial charge on any atom is 0.408 e. The molecule has 0 radical (unpaired) electrons. The molecule has 0 spiro atoms. The molecular weight excluding hydrogens is 454 g/mol. The molecule has 1 aromatic carbocycles. The third kappa shape index (κ3) is 11.9. The van der Waals surface area contributed by atoms with E-state index in [1.807, 2.05) is 44.2 Å².